The van der Waals surface area contributed by atoms with Gasteiger partial charge in [-0.1, -0.05) is 164 Å². The monoisotopic (exact) mass is 660 g/mol. The lowest BCUT2D eigenvalue weighted by Crippen LogP contribution is -2.47. The van der Waals surface area contributed by atoms with E-state index in [1.807, 2.05) is 12.5 Å². The van der Waals surface area contributed by atoms with Crippen LogP contribution in [0.25, 0.3) is 0 Å². The number of carbonyl (C=O) groups excluding carboxylic acids is 1. The zero-order valence-corrected chi connectivity index (χ0v) is 32.6. The summed E-state index contributed by atoms with van der Waals surface area (Å²) >= 11 is 0. The van der Waals surface area contributed by atoms with E-state index in [0.29, 0.717) is 25.0 Å². The third kappa shape index (κ3) is 24.4. The summed E-state index contributed by atoms with van der Waals surface area (Å²) in [4.78, 5) is 19.7. The van der Waals surface area contributed by atoms with Gasteiger partial charge in [0.1, 0.15) is 0 Å². The van der Waals surface area contributed by atoms with Gasteiger partial charge in [-0.05, 0) is 56.5 Å². The molecule has 0 radical (unpaired) electrons. The molecule has 1 heterocycles. The van der Waals surface area contributed by atoms with Crippen LogP contribution >= 0.6 is 0 Å². The summed E-state index contributed by atoms with van der Waals surface area (Å²) in [6, 6.07) is 0.480. The molecule has 1 rings (SSSR count). The molecule has 0 amide bonds. The second-order valence-electron chi connectivity index (χ2n) is 15.8. The van der Waals surface area contributed by atoms with Crippen molar-refractivity contribution in [1.29, 1.82) is 0 Å². The maximum Gasteiger partial charge on any atom is 0.306 e. The van der Waals surface area contributed by atoms with E-state index in [0.717, 1.165) is 25.9 Å². The standard InChI is InChI=1S/C42H81N3O2/c1-7-10-13-15-16-17-18-19-20-21-22-26-32-45(40(42(4,5)6)37-44-34-31-43-38-44)33-27-23-24-28-35-47-41(46)36-39(29-12-9-3)30-25-14-11-8-2/h31,34,38-40H,7-30,32-33,35-37H2,1-6H3. The van der Waals surface area contributed by atoms with Crippen molar-refractivity contribution >= 4 is 5.97 Å². The summed E-state index contributed by atoms with van der Waals surface area (Å²) in [6.45, 7) is 17.9. The Balaban J connectivity index is 2.42. The van der Waals surface area contributed by atoms with Crippen molar-refractivity contribution in [3.05, 3.63) is 18.7 Å². The van der Waals surface area contributed by atoms with Crippen LogP contribution in [0.15, 0.2) is 18.7 Å². The van der Waals surface area contributed by atoms with E-state index in [9.17, 15) is 4.79 Å². The first-order valence-corrected chi connectivity index (χ1v) is 20.7. The highest BCUT2D eigenvalue weighted by Gasteiger charge is 2.30. The summed E-state index contributed by atoms with van der Waals surface area (Å²) in [5.41, 5.74) is 0.195. The summed E-state index contributed by atoms with van der Waals surface area (Å²) < 4.78 is 7.98. The van der Waals surface area contributed by atoms with Crippen LogP contribution in [-0.2, 0) is 16.1 Å². The van der Waals surface area contributed by atoms with Crippen LogP contribution < -0.4 is 0 Å². The Hall–Kier alpha value is -1.36. The molecule has 0 aliphatic heterocycles. The number of esters is 1. The number of rotatable bonds is 33. The van der Waals surface area contributed by atoms with Gasteiger partial charge in [0.2, 0.25) is 0 Å². The van der Waals surface area contributed by atoms with Crippen LogP contribution in [0.3, 0.4) is 0 Å². The van der Waals surface area contributed by atoms with Crippen LogP contribution in [0.5, 0.6) is 0 Å². The first kappa shape index (κ1) is 43.7. The Morgan fingerprint density at radius 2 is 1.17 bits per heavy atom. The van der Waals surface area contributed by atoms with Crippen molar-refractivity contribution in [3.63, 3.8) is 0 Å². The fourth-order valence-electron chi connectivity index (χ4n) is 7.06. The second kappa shape index (κ2) is 29.5. The lowest BCUT2D eigenvalue weighted by Gasteiger charge is -2.41. The first-order valence-electron chi connectivity index (χ1n) is 20.7. The molecule has 0 aliphatic rings. The van der Waals surface area contributed by atoms with E-state index in [1.165, 1.54) is 148 Å². The molecule has 0 aliphatic carbocycles. The largest absolute Gasteiger partial charge is 0.466 e. The third-order valence-corrected chi connectivity index (χ3v) is 10.2. The Morgan fingerprint density at radius 3 is 1.68 bits per heavy atom. The van der Waals surface area contributed by atoms with Crippen molar-refractivity contribution in [2.75, 3.05) is 19.7 Å². The topological polar surface area (TPSA) is 47.4 Å². The van der Waals surface area contributed by atoms with Gasteiger partial charge < -0.3 is 9.30 Å². The number of aromatic nitrogens is 2. The predicted molar refractivity (Wildman–Crippen MR) is 204 cm³/mol. The van der Waals surface area contributed by atoms with Gasteiger partial charge in [0.05, 0.1) is 12.9 Å². The van der Waals surface area contributed by atoms with Crippen LogP contribution in [-0.4, -0.2) is 46.2 Å². The molecule has 5 heteroatoms. The highest BCUT2D eigenvalue weighted by molar-refractivity contribution is 5.69. The summed E-state index contributed by atoms with van der Waals surface area (Å²) in [5.74, 6) is 0.538. The number of nitrogens with zero attached hydrogens (tertiary/aromatic N) is 3. The number of unbranched alkanes of at least 4 members (excludes halogenated alkanes) is 18. The number of ether oxygens (including phenoxy) is 1. The van der Waals surface area contributed by atoms with E-state index in [1.54, 1.807) is 0 Å². The lowest BCUT2D eigenvalue weighted by molar-refractivity contribution is -0.145. The molecule has 5 nitrogen and oxygen atoms in total. The van der Waals surface area contributed by atoms with Crippen molar-refractivity contribution < 1.29 is 9.53 Å². The molecule has 0 bridgehead atoms. The molecule has 1 aromatic heterocycles. The average Bonchev–Trinajstić information content (AvgIpc) is 3.56. The highest BCUT2D eigenvalue weighted by atomic mass is 16.5. The minimum atomic E-state index is 0.0303. The number of imidazole rings is 1. The van der Waals surface area contributed by atoms with Crippen molar-refractivity contribution in [2.45, 2.75) is 215 Å². The van der Waals surface area contributed by atoms with Gasteiger partial charge in [0.25, 0.3) is 0 Å². The van der Waals surface area contributed by atoms with Gasteiger partial charge in [-0.2, -0.15) is 0 Å². The van der Waals surface area contributed by atoms with Gasteiger partial charge in [-0.15, -0.1) is 0 Å². The smallest absolute Gasteiger partial charge is 0.306 e. The molecule has 2 atom stereocenters. The summed E-state index contributed by atoms with van der Waals surface area (Å²) in [5, 5.41) is 0. The second-order valence-corrected chi connectivity index (χ2v) is 15.8. The first-order chi connectivity index (χ1) is 22.8. The van der Waals surface area contributed by atoms with Gasteiger partial charge in [-0.3, -0.25) is 9.69 Å². The minimum absolute atomic E-state index is 0.0303. The molecular weight excluding hydrogens is 578 g/mol. The fourth-order valence-corrected chi connectivity index (χ4v) is 7.06. The quantitative estimate of drug-likeness (QED) is 0.0556. The summed E-state index contributed by atoms with van der Waals surface area (Å²) in [7, 11) is 0. The van der Waals surface area contributed by atoms with Crippen LogP contribution in [0.1, 0.15) is 202 Å². The summed E-state index contributed by atoms with van der Waals surface area (Å²) in [6.07, 6.45) is 37.8. The maximum absolute atomic E-state index is 12.6. The van der Waals surface area contributed by atoms with E-state index in [2.05, 4.69) is 62.2 Å². The van der Waals surface area contributed by atoms with Crippen LogP contribution in [0, 0.1) is 11.3 Å². The molecule has 276 valence electrons. The SMILES string of the molecule is CCCCCCCCCCCCCCN(CCCCCCOC(=O)CC(CCCC)CCCCCC)C(Cn1ccnc1)C(C)(C)C. The van der Waals surface area contributed by atoms with Crippen molar-refractivity contribution in [3.8, 4) is 0 Å². The normalized spacial score (nSPS) is 13.3. The minimum Gasteiger partial charge on any atom is -0.466 e. The van der Waals surface area contributed by atoms with Crippen molar-refractivity contribution in [1.82, 2.24) is 14.5 Å². The predicted octanol–water partition coefficient (Wildman–Crippen LogP) is 12.6. The molecule has 1 aromatic rings. The van der Waals surface area contributed by atoms with E-state index < -0.39 is 0 Å². The van der Waals surface area contributed by atoms with Gasteiger partial charge >= 0.3 is 5.97 Å². The Kier molecular flexibility index (Phi) is 27.4. The highest BCUT2D eigenvalue weighted by Crippen LogP contribution is 2.27. The van der Waals surface area contributed by atoms with Gasteiger partial charge in [0, 0.05) is 31.4 Å². The molecule has 0 aromatic carbocycles. The molecule has 0 N–H and O–H groups in total. The average molecular weight is 660 g/mol. The molecule has 0 spiro atoms. The third-order valence-electron chi connectivity index (χ3n) is 10.2. The van der Waals surface area contributed by atoms with E-state index in [-0.39, 0.29) is 11.4 Å². The molecule has 47 heavy (non-hydrogen) atoms. The van der Waals surface area contributed by atoms with E-state index in [4.69, 9.17) is 4.74 Å². The Bertz CT molecular complexity index is 803. The van der Waals surface area contributed by atoms with E-state index >= 15 is 0 Å². The zero-order valence-electron chi connectivity index (χ0n) is 32.6. The fraction of sp³-hybridized carbons (Fsp3) is 0.905. The maximum atomic E-state index is 12.6. The Labute approximate surface area is 293 Å². The molecule has 0 saturated carbocycles. The number of hydrogen-bond donors (Lipinski definition) is 0. The molecule has 0 fully saturated rings. The van der Waals surface area contributed by atoms with Crippen molar-refractivity contribution in [2.24, 2.45) is 11.3 Å². The molecule has 2 unspecified atom stereocenters. The number of carbonyl (C=O) groups is 1. The zero-order chi connectivity index (χ0) is 34.4. The van der Waals surface area contributed by atoms with Crippen LogP contribution in [0.4, 0.5) is 0 Å². The molecule has 0 saturated heterocycles. The van der Waals surface area contributed by atoms with Gasteiger partial charge in [-0.25, -0.2) is 4.98 Å². The Morgan fingerprint density at radius 1 is 0.681 bits per heavy atom. The molecular formula is C42H81N3O2. The number of hydrogen-bond acceptors (Lipinski definition) is 4. The van der Waals surface area contributed by atoms with Crippen LogP contribution in [0.2, 0.25) is 0 Å². The van der Waals surface area contributed by atoms with Gasteiger partial charge in [0.15, 0.2) is 0 Å². The lowest BCUT2D eigenvalue weighted by atomic mass is 9.85.